The van der Waals surface area contributed by atoms with E-state index in [-0.39, 0.29) is 12.0 Å². The molecule has 0 spiro atoms. The van der Waals surface area contributed by atoms with E-state index < -0.39 is 17.7 Å². The number of nitrogens with two attached hydrogens (primary N) is 1. The van der Waals surface area contributed by atoms with Gasteiger partial charge in [-0.2, -0.15) is 5.10 Å². The number of aromatic nitrogens is 2. The molecule has 1 unspecified atom stereocenters. The van der Waals surface area contributed by atoms with Gasteiger partial charge in [-0.15, -0.1) is 0 Å². The van der Waals surface area contributed by atoms with Gasteiger partial charge in [0.1, 0.15) is 11.6 Å². The van der Waals surface area contributed by atoms with Crippen molar-refractivity contribution in [2.24, 2.45) is 12.8 Å². The fourth-order valence-corrected chi connectivity index (χ4v) is 2.72. The molecule has 1 atom stereocenters. The number of benzene rings is 1. The van der Waals surface area contributed by atoms with Gasteiger partial charge in [0.05, 0.1) is 16.4 Å². The molecule has 1 heterocycles. The standard InChI is InChI=1S/C15H18ClF2N3/c1-3-13-15(16)14(21(2)20-13)8-9(19)7-10-11(17)5-4-6-12(10)18/h4-6,9H,3,7-8,19H2,1-2H3. The lowest BCUT2D eigenvalue weighted by Gasteiger charge is -2.13. The maximum absolute atomic E-state index is 13.6. The van der Waals surface area contributed by atoms with Gasteiger partial charge in [0.15, 0.2) is 0 Å². The Morgan fingerprint density at radius 2 is 1.90 bits per heavy atom. The van der Waals surface area contributed by atoms with Crippen LogP contribution in [0.5, 0.6) is 0 Å². The number of hydrogen-bond acceptors (Lipinski definition) is 2. The molecule has 0 amide bonds. The molecule has 1 aromatic heterocycles. The molecule has 0 fully saturated rings. The molecule has 1 aromatic carbocycles. The molecule has 3 nitrogen and oxygen atoms in total. The van der Waals surface area contributed by atoms with Crippen molar-refractivity contribution >= 4 is 11.6 Å². The second-order valence-electron chi connectivity index (χ2n) is 5.05. The Morgan fingerprint density at radius 1 is 1.29 bits per heavy atom. The Labute approximate surface area is 127 Å². The third kappa shape index (κ3) is 3.41. The van der Waals surface area contributed by atoms with Crippen LogP contribution in [0.25, 0.3) is 0 Å². The first kappa shape index (κ1) is 15.9. The van der Waals surface area contributed by atoms with Crippen LogP contribution in [0.3, 0.4) is 0 Å². The van der Waals surface area contributed by atoms with Crippen LogP contribution in [0, 0.1) is 11.6 Å². The Balaban J connectivity index is 2.16. The molecule has 2 rings (SSSR count). The Bertz CT molecular complexity index is 620. The monoisotopic (exact) mass is 313 g/mol. The fraction of sp³-hybridized carbons (Fsp3) is 0.400. The van der Waals surface area contributed by atoms with Gasteiger partial charge in [-0.25, -0.2) is 8.78 Å². The second kappa shape index (κ2) is 6.54. The number of halogens is 3. The number of aryl methyl sites for hydroxylation is 2. The first-order chi connectivity index (χ1) is 9.93. The molecular weight excluding hydrogens is 296 g/mol. The average molecular weight is 314 g/mol. The maximum Gasteiger partial charge on any atom is 0.129 e. The van der Waals surface area contributed by atoms with E-state index in [9.17, 15) is 8.78 Å². The van der Waals surface area contributed by atoms with Gasteiger partial charge in [-0.3, -0.25) is 4.68 Å². The van der Waals surface area contributed by atoms with Crippen molar-refractivity contribution in [2.75, 3.05) is 0 Å². The minimum absolute atomic E-state index is 0.0130. The van der Waals surface area contributed by atoms with Gasteiger partial charge >= 0.3 is 0 Å². The third-order valence-electron chi connectivity index (χ3n) is 3.49. The number of hydrogen-bond donors (Lipinski definition) is 1. The molecule has 0 aliphatic carbocycles. The van der Waals surface area contributed by atoms with Crippen molar-refractivity contribution in [1.29, 1.82) is 0 Å². The van der Waals surface area contributed by atoms with Crippen LogP contribution < -0.4 is 5.73 Å². The van der Waals surface area contributed by atoms with Crippen molar-refractivity contribution in [3.05, 3.63) is 51.8 Å². The molecule has 2 N–H and O–H groups in total. The van der Waals surface area contributed by atoms with E-state index in [1.165, 1.54) is 18.2 Å². The Kier molecular flexibility index (Phi) is 4.96. The fourth-order valence-electron chi connectivity index (χ4n) is 2.35. The minimum Gasteiger partial charge on any atom is -0.327 e. The minimum atomic E-state index is -0.573. The van der Waals surface area contributed by atoms with E-state index >= 15 is 0 Å². The van der Waals surface area contributed by atoms with E-state index in [0.29, 0.717) is 11.4 Å². The van der Waals surface area contributed by atoms with E-state index in [0.717, 1.165) is 17.8 Å². The second-order valence-corrected chi connectivity index (χ2v) is 5.43. The SMILES string of the molecule is CCc1nn(C)c(CC(N)Cc2c(F)cccc2F)c1Cl. The van der Waals surface area contributed by atoms with Crippen LogP contribution in [-0.2, 0) is 26.3 Å². The molecule has 0 bridgehead atoms. The molecule has 0 saturated carbocycles. The van der Waals surface area contributed by atoms with Gasteiger partial charge in [-0.05, 0) is 25.0 Å². The van der Waals surface area contributed by atoms with Gasteiger partial charge in [0.2, 0.25) is 0 Å². The van der Waals surface area contributed by atoms with E-state index in [4.69, 9.17) is 17.3 Å². The number of nitrogens with zero attached hydrogens (tertiary/aromatic N) is 2. The first-order valence-corrected chi connectivity index (χ1v) is 7.20. The highest BCUT2D eigenvalue weighted by molar-refractivity contribution is 6.31. The molecule has 0 aliphatic heterocycles. The summed E-state index contributed by atoms with van der Waals surface area (Å²) in [5.41, 5.74) is 7.64. The summed E-state index contributed by atoms with van der Waals surface area (Å²) in [7, 11) is 1.79. The van der Waals surface area contributed by atoms with Crippen molar-refractivity contribution in [3.8, 4) is 0 Å². The largest absolute Gasteiger partial charge is 0.327 e. The normalized spacial score (nSPS) is 12.7. The highest BCUT2D eigenvalue weighted by Gasteiger charge is 2.18. The Hall–Kier alpha value is -1.46. The predicted molar refractivity (Wildman–Crippen MR) is 79.3 cm³/mol. The van der Waals surface area contributed by atoms with Gasteiger partial charge < -0.3 is 5.73 Å². The summed E-state index contributed by atoms with van der Waals surface area (Å²) in [6.45, 7) is 1.96. The predicted octanol–water partition coefficient (Wildman–Crippen LogP) is 3.03. The summed E-state index contributed by atoms with van der Waals surface area (Å²) in [6.07, 6.45) is 1.25. The molecule has 114 valence electrons. The van der Waals surface area contributed by atoms with E-state index in [2.05, 4.69) is 5.10 Å². The summed E-state index contributed by atoms with van der Waals surface area (Å²) in [6, 6.07) is 3.37. The zero-order chi connectivity index (χ0) is 15.6. The molecule has 0 radical (unpaired) electrons. The van der Waals surface area contributed by atoms with Gasteiger partial charge in [-0.1, -0.05) is 24.6 Å². The smallest absolute Gasteiger partial charge is 0.129 e. The lowest BCUT2D eigenvalue weighted by atomic mass is 10.0. The van der Waals surface area contributed by atoms with E-state index in [1.807, 2.05) is 6.92 Å². The molecule has 0 aliphatic rings. The van der Waals surface area contributed by atoms with Crippen molar-refractivity contribution in [1.82, 2.24) is 9.78 Å². The van der Waals surface area contributed by atoms with Crippen LogP contribution in [0.4, 0.5) is 8.78 Å². The van der Waals surface area contributed by atoms with Crippen LogP contribution in [0.2, 0.25) is 5.02 Å². The quantitative estimate of drug-likeness (QED) is 0.922. The molecular formula is C15H18ClF2N3. The van der Waals surface area contributed by atoms with Crippen LogP contribution in [0.1, 0.15) is 23.9 Å². The zero-order valence-electron chi connectivity index (χ0n) is 12.0. The summed E-state index contributed by atoms with van der Waals surface area (Å²) < 4.78 is 28.9. The van der Waals surface area contributed by atoms with Crippen LogP contribution in [0.15, 0.2) is 18.2 Å². The van der Waals surface area contributed by atoms with Crippen molar-refractivity contribution in [3.63, 3.8) is 0 Å². The summed E-state index contributed by atoms with van der Waals surface area (Å²) in [5.74, 6) is -1.15. The lowest BCUT2D eigenvalue weighted by Crippen LogP contribution is -2.27. The van der Waals surface area contributed by atoms with E-state index in [1.54, 1.807) is 11.7 Å². The molecule has 6 heteroatoms. The molecule has 2 aromatic rings. The van der Waals surface area contributed by atoms with Crippen LogP contribution in [-0.4, -0.2) is 15.8 Å². The van der Waals surface area contributed by atoms with Crippen molar-refractivity contribution in [2.45, 2.75) is 32.2 Å². The molecule has 21 heavy (non-hydrogen) atoms. The maximum atomic E-state index is 13.6. The number of rotatable bonds is 5. The third-order valence-corrected chi connectivity index (χ3v) is 3.92. The van der Waals surface area contributed by atoms with Gasteiger partial charge in [0.25, 0.3) is 0 Å². The average Bonchev–Trinajstić information content (AvgIpc) is 2.70. The summed E-state index contributed by atoms with van der Waals surface area (Å²) in [4.78, 5) is 0. The summed E-state index contributed by atoms with van der Waals surface area (Å²) >= 11 is 6.25. The van der Waals surface area contributed by atoms with Crippen LogP contribution >= 0.6 is 11.6 Å². The zero-order valence-corrected chi connectivity index (χ0v) is 12.8. The lowest BCUT2D eigenvalue weighted by molar-refractivity contribution is 0.528. The van der Waals surface area contributed by atoms with Crippen molar-refractivity contribution < 1.29 is 8.78 Å². The van der Waals surface area contributed by atoms with Gasteiger partial charge in [0, 0.05) is 25.1 Å². The molecule has 0 saturated heterocycles. The topological polar surface area (TPSA) is 43.8 Å². The highest BCUT2D eigenvalue weighted by Crippen LogP contribution is 2.23. The first-order valence-electron chi connectivity index (χ1n) is 6.82. The Morgan fingerprint density at radius 3 is 2.43 bits per heavy atom. The summed E-state index contributed by atoms with van der Waals surface area (Å²) in [5, 5.41) is 4.89. The highest BCUT2D eigenvalue weighted by atomic mass is 35.5.